The number of aromatic nitrogens is 2. The number of hydrogen-bond donors (Lipinski definition) is 1. The number of hydrogen-bond acceptors (Lipinski definition) is 4. The van der Waals surface area contributed by atoms with Crippen LogP contribution in [-0.2, 0) is 0 Å². The highest BCUT2D eigenvalue weighted by molar-refractivity contribution is 7.15. The third kappa shape index (κ3) is 2.40. The fourth-order valence-corrected chi connectivity index (χ4v) is 1.91. The summed E-state index contributed by atoms with van der Waals surface area (Å²) in [6, 6.07) is 5.62. The van der Waals surface area contributed by atoms with E-state index in [1.165, 1.54) is 11.3 Å². The molecule has 0 unspecified atom stereocenters. The van der Waals surface area contributed by atoms with Gasteiger partial charge < -0.3 is 5.11 Å². The van der Waals surface area contributed by atoms with Gasteiger partial charge in [0.25, 0.3) is 0 Å². The molecule has 1 N–H and O–H groups in total. The summed E-state index contributed by atoms with van der Waals surface area (Å²) in [4.78, 5) is 10.2. The van der Waals surface area contributed by atoms with Crippen molar-refractivity contribution in [3.8, 4) is 22.5 Å². The van der Waals surface area contributed by atoms with E-state index in [4.69, 9.17) is 5.11 Å². The second-order valence-electron chi connectivity index (χ2n) is 2.70. The van der Waals surface area contributed by atoms with Crippen molar-refractivity contribution in [2.45, 2.75) is 0 Å². The summed E-state index contributed by atoms with van der Waals surface area (Å²) in [6.07, 6.45) is 3.42. The Bertz CT molecular complexity index is 496. The van der Waals surface area contributed by atoms with Gasteiger partial charge in [-0.2, -0.15) is 0 Å². The monoisotopic (exact) mass is 216 g/mol. The lowest BCUT2D eigenvalue weighted by molar-refractivity contribution is 0.350. The maximum Gasteiger partial charge on any atom is 0.169 e. The van der Waals surface area contributed by atoms with Gasteiger partial charge in [0, 0.05) is 12.4 Å². The molecule has 0 aliphatic rings. The fraction of sp³-hybridized carbons (Fsp3) is 0.0909. The summed E-state index contributed by atoms with van der Waals surface area (Å²) in [5, 5.41) is 8.56. The summed E-state index contributed by atoms with van der Waals surface area (Å²) >= 11 is 1.52. The third-order valence-corrected chi connectivity index (χ3v) is 2.68. The van der Waals surface area contributed by atoms with Gasteiger partial charge in [-0.1, -0.05) is 11.8 Å². The van der Waals surface area contributed by atoms with Gasteiger partial charge in [-0.3, -0.25) is 0 Å². The van der Waals surface area contributed by atoms with Crippen LogP contribution in [0.15, 0.2) is 30.6 Å². The lowest BCUT2D eigenvalue weighted by Crippen LogP contribution is -1.81. The highest BCUT2D eigenvalue weighted by atomic mass is 32.1. The van der Waals surface area contributed by atoms with Crippen molar-refractivity contribution in [2.24, 2.45) is 0 Å². The highest BCUT2D eigenvalue weighted by Crippen LogP contribution is 2.23. The van der Waals surface area contributed by atoms with Gasteiger partial charge in [0.05, 0.1) is 9.75 Å². The average Bonchev–Trinajstić information content (AvgIpc) is 2.76. The first-order valence-electron chi connectivity index (χ1n) is 4.37. The van der Waals surface area contributed by atoms with Crippen molar-refractivity contribution < 1.29 is 5.11 Å². The highest BCUT2D eigenvalue weighted by Gasteiger charge is 2.02. The Morgan fingerprint density at radius 3 is 2.80 bits per heavy atom. The van der Waals surface area contributed by atoms with E-state index in [1.54, 1.807) is 18.5 Å². The van der Waals surface area contributed by atoms with Crippen LogP contribution >= 0.6 is 11.3 Å². The molecule has 0 saturated heterocycles. The lowest BCUT2D eigenvalue weighted by atomic mass is 10.4. The van der Waals surface area contributed by atoms with Crippen LogP contribution in [0.2, 0.25) is 0 Å². The van der Waals surface area contributed by atoms with Gasteiger partial charge in [-0.15, -0.1) is 11.3 Å². The quantitative estimate of drug-likeness (QED) is 0.736. The van der Waals surface area contributed by atoms with E-state index in [0.717, 1.165) is 9.75 Å². The zero-order valence-electron chi connectivity index (χ0n) is 7.84. The topological polar surface area (TPSA) is 46.0 Å². The second-order valence-corrected chi connectivity index (χ2v) is 3.78. The summed E-state index contributed by atoms with van der Waals surface area (Å²) in [5.41, 5.74) is 0. The molecule has 0 radical (unpaired) electrons. The van der Waals surface area contributed by atoms with E-state index >= 15 is 0 Å². The molecule has 0 saturated carbocycles. The Kier molecular flexibility index (Phi) is 3.08. The van der Waals surface area contributed by atoms with Crippen molar-refractivity contribution in [2.75, 3.05) is 6.61 Å². The molecular formula is C11H8N2OS. The first-order valence-corrected chi connectivity index (χ1v) is 5.19. The minimum Gasteiger partial charge on any atom is -0.384 e. The number of nitrogens with zero attached hydrogens (tertiary/aromatic N) is 2. The SMILES string of the molecule is OCC#Cc1ccc(-c2ncccn2)s1. The second kappa shape index (κ2) is 4.69. The van der Waals surface area contributed by atoms with Crippen LogP contribution in [0.1, 0.15) is 4.88 Å². The van der Waals surface area contributed by atoms with Crippen molar-refractivity contribution in [1.29, 1.82) is 0 Å². The van der Waals surface area contributed by atoms with Crippen molar-refractivity contribution in [3.63, 3.8) is 0 Å². The van der Waals surface area contributed by atoms with E-state index < -0.39 is 0 Å². The summed E-state index contributed by atoms with van der Waals surface area (Å²) in [5.74, 6) is 6.16. The fourth-order valence-electron chi connectivity index (χ4n) is 1.08. The van der Waals surface area contributed by atoms with Gasteiger partial charge in [-0.25, -0.2) is 9.97 Å². The Morgan fingerprint density at radius 2 is 2.07 bits per heavy atom. The number of aliphatic hydroxyl groups excluding tert-OH is 1. The number of thiophene rings is 1. The van der Waals surface area contributed by atoms with Crippen LogP contribution in [0.3, 0.4) is 0 Å². The largest absolute Gasteiger partial charge is 0.384 e. The third-order valence-electron chi connectivity index (χ3n) is 1.68. The first-order chi connectivity index (χ1) is 7.40. The molecule has 3 nitrogen and oxygen atoms in total. The predicted molar refractivity (Wildman–Crippen MR) is 59.3 cm³/mol. The Balaban J connectivity index is 2.28. The molecule has 2 aromatic rings. The maximum absolute atomic E-state index is 8.56. The molecule has 0 amide bonds. The van der Waals surface area contributed by atoms with Gasteiger partial charge >= 0.3 is 0 Å². The first kappa shape index (κ1) is 9.84. The van der Waals surface area contributed by atoms with Crippen LogP contribution in [-0.4, -0.2) is 21.7 Å². The minimum atomic E-state index is -0.116. The standard InChI is InChI=1S/C11H8N2OS/c14-8-1-3-9-4-5-10(15-9)11-12-6-2-7-13-11/h2,4-7,14H,8H2. The molecule has 0 atom stereocenters. The maximum atomic E-state index is 8.56. The van der Waals surface area contributed by atoms with E-state index in [2.05, 4.69) is 21.8 Å². The van der Waals surface area contributed by atoms with Crippen LogP contribution in [0.4, 0.5) is 0 Å². The van der Waals surface area contributed by atoms with Crippen LogP contribution in [0, 0.1) is 11.8 Å². The van der Waals surface area contributed by atoms with Crippen molar-refractivity contribution >= 4 is 11.3 Å². The normalized spacial score (nSPS) is 9.40. The molecule has 74 valence electrons. The molecule has 0 fully saturated rings. The van der Waals surface area contributed by atoms with Crippen molar-refractivity contribution in [1.82, 2.24) is 9.97 Å². The van der Waals surface area contributed by atoms with Gasteiger partial charge in [0.2, 0.25) is 0 Å². The minimum absolute atomic E-state index is 0.116. The molecule has 2 rings (SSSR count). The van der Waals surface area contributed by atoms with Crippen LogP contribution in [0.5, 0.6) is 0 Å². The van der Waals surface area contributed by atoms with Crippen LogP contribution < -0.4 is 0 Å². The Hall–Kier alpha value is -1.70. The zero-order valence-corrected chi connectivity index (χ0v) is 8.66. The van der Waals surface area contributed by atoms with Crippen molar-refractivity contribution in [3.05, 3.63) is 35.5 Å². The molecule has 0 aromatic carbocycles. The van der Waals surface area contributed by atoms with Crippen LogP contribution in [0.25, 0.3) is 10.7 Å². The van der Waals surface area contributed by atoms with E-state index in [0.29, 0.717) is 5.82 Å². The Labute approximate surface area is 91.5 Å². The van der Waals surface area contributed by atoms with E-state index in [-0.39, 0.29) is 6.61 Å². The lowest BCUT2D eigenvalue weighted by Gasteiger charge is -1.91. The molecule has 0 aliphatic heterocycles. The molecule has 0 spiro atoms. The molecule has 0 aliphatic carbocycles. The number of rotatable bonds is 1. The number of aliphatic hydroxyl groups is 1. The Morgan fingerprint density at radius 1 is 1.27 bits per heavy atom. The summed E-state index contributed by atoms with van der Waals surface area (Å²) in [6.45, 7) is -0.116. The van der Waals surface area contributed by atoms with Gasteiger partial charge in [0.15, 0.2) is 5.82 Å². The van der Waals surface area contributed by atoms with Gasteiger partial charge in [0.1, 0.15) is 6.61 Å². The molecule has 2 heterocycles. The average molecular weight is 216 g/mol. The van der Waals surface area contributed by atoms with Gasteiger partial charge in [-0.05, 0) is 18.2 Å². The molecule has 15 heavy (non-hydrogen) atoms. The molecule has 4 heteroatoms. The summed E-state index contributed by atoms with van der Waals surface area (Å²) < 4.78 is 0. The smallest absolute Gasteiger partial charge is 0.169 e. The molecule has 0 bridgehead atoms. The zero-order chi connectivity index (χ0) is 10.5. The molecular weight excluding hydrogens is 208 g/mol. The van der Waals surface area contributed by atoms with E-state index in [9.17, 15) is 0 Å². The molecule has 2 aromatic heterocycles. The summed E-state index contributed by atoms with van der Waals surface area (Å²) in [7, 11) is 0. The van der Waals surface area contributed by atoms with E-state index in [1.807, 2.05) is 12.1 Å². The predicted octanol–water partition coefficient (Wildman–Crippen LogP) is 1.55.